The highest BCUT2D eigenvalue weighted by atomic mass is 35.5. The molecule has 2 fully saturated rings. The summed E-state index contributed by atoms with van der Waals surface area (Å²) in [7, 11) is 0. The number of hydrogen-bond donors (Lipinski definition) is 1. The van der Waals surface area contributed by atoms with Crippen LogP contribution >= 0.6 is 24.0 Å². The molecule has 1 aromatic carbocycles. The number of nitrogens with zero attached hydrogens (tertiary/aromatic N) is 2. The zero-order valence-corrected chi connectivity index (χ0v) is 16.5. The normalized spacial score (nSPS) is 20.4. The zero-order chi connectivity index (χ0) is 17.6. The fraction of sp³-hybridized carbons (Fsp3) is 0.579. The molecular formula is C19H27Cl2N3O2. The first-order valence-corrected chi connectivity index (χ1v) is 9.54. The predicted octanol–water partition coefficient (Wildman–Crippen LogP) is 2.83. The van der Waals surface area contributed by atoms with Gasteiger partial charge in [0.25, 0.3) is 5.91 Å². The highest BCUT2D eigenvalue weighted by Crippen LogP contribution is 2.17. The van der Waals surface area contributed by atoms with Crippen LogP contribution in [0, 0.1) is 5.92 Å². The van der Waals surface area contributed by atoms with E-state index in [2.05, 4.69) is 5.32 Å². The van der Waals surface area contributed by atoms with Gasteiger partial charge in [0, 0.05) is 43.2 Å². The van der Waals surface area contributed by atoms with Gasteiger partial charge in [0.1, 0.15) is 0 Å². The van der Waals surface area contributed by atoms with Crippen molar-refractivity contribution in [1.29, 1.82) is 0 Å². The molecule has 7 heteroatoms. The molecule has 3 rings (SSSR count). The minimum absolute atomic E-state index is 0. The van der Waals surface area contributed by atoms with Crippen LogP contribution < -0.4 is 5.32 Å². The van der Waals surface area contributed by atoms with E-state index in [0.29, 0.717) is 42.6 Å². The van der Waals surface area contributed by atoms with Crippen molar-refractivity contribution >= 4 is 35.8 Å². The number of carbonyl (C=O) groups excluding carboxylic acids is 2. The molecule has 1 aromatic rings. The number of carbonyl (C=O) groups is 2. The Morgan fingerprint density at radius 1 is 1.15 bits per heavy atom. The molecule has 0 bridgehead atoms. The van der Waals surface area contributed by atoms with Gasteiger partial charge in [-0.25, -0.2) is 0 Å². The van der Waals surface area contributed by atoms with E-state index < -0.39 is 0 Å². The smallest absolute Gasteiger partial charge is 0.253 e. The van der Waals surface area contributed by atoms with E-state index in [4.69, 9.17) is 11.6 Å². The van der Waals surface area contributed by atoms with Crippen molar-refractivity contribution in [3.63, 3.8) is 0 Å². The van der Waals surface area contributed by atoms with Gasteiger partial charge in [-0.3, -0.25) is 9.59 Å². The molecule has 2 aliphatic rings. The maximum Gasteiger partial charge on any atom is 0.253 e. The lowest BCUT2D eigenvalue weighted by Crippen LogP contribution is -2.37. The van der Waals surface area contributed by atoms with Gasteiger partial charge in [0.05, 0.1) is 0 Å². The number of halogens is 2. The van der Waals surface area contributed by atoms with Crippen molar-refractivity contribution in [1.82, 2.24) is 15.1 Å². The van der Waals surface area contributed by atoms with E-state index in [0.717, 1.165) is 32.5 Å². The molecule has 2 aliphatic heterocycles. The summed E-state index contributed by atoms with van der Waals surface area (Å²) >= 11 is 5.99. The Morgan fingerprint density at radius 2 is 1.92 bits per heavy atom. The Labute approximate surface area is 166 Å². The lowest BCUT2D eigenvalue weighted by Gasteiger charge is -2.23. The molecule has 0 aliphatic carbocycles. The lowest BCUT2D eigenvalue weighted by atomic mass is 10.0. The number of rotatable bonds is 4. The van der Waals surface area contributed by atoms with Crippen LogP contribution in [0.1, 0.15) is 36.0 Å². The van der Waals surface area contributed by atoms with Crippen LogP contribution in [0.2, 0.25) is 5.02 Å². The number of nitrogens with one attached hydrogen (secondary N) is 1. The topological polar surface area (TPSA) is 52.7 Å². The summed E-state index contributed by atoms with van der Waals surface area (Å²) in [4.78, 5) is 28.9. The molecule has 0 saturated carbocycles. The van der Waals surface area contributed by atoms with Gasteiger partial charge >= 0.3 is 0 Å². The van der Waals surface area contributed by atoms with Crippen LogP contribution in [0.25, 0.3) is 0 Å². The second-order valence-electron chi connectivity index (χ2n) is 6.93. The summed E-state index contributed by atoms with van der Waals surface area (Å²) in [5.74, 6) is 0.856. The molecule has 1 N–H and O–H groups in total. The number of hydrogen-bond acceptors (Lipinski definition) is 3. The molecule has 5 nitrogen and oxygen atoms in total. The first kappa shape index (κ1) is 21.0. The Hall–Kier alpha value is -1.30. The summed E-state index contributed by atoms with van der Waals surface area (Å²) in [5, 5.41) is 3.91. The van der Waals surface area contributed by atoms with Gasteiger partial charge < -0.3 is 15.1 Å². The molecule has 144 valence electrons. The average molecular weight is 400 g/mol. The zero-order valence-electron chi connectivity index (χ0n) is 15.0. The van der Waals surface area contributed by atoms with Crippen LogP contribution in [-0.4, -0.2) is 60.9 Å². The Kier molecular flexibility index (Phi) is 8.19. The van der Waals surface area contributed by atoms with E-state index in [-0.39, 0.29) is 24.2 Å². The molecule has 26 heavy (non-hydrogen) atoms. The van der Waals surface area contributed by atoms with Crippen LogP contribution in [0.4, 0.5) is 0 Å². The second-order valence-corrected chi connectivity index (χ2v) is 7.37. The number of benzene rings is 1. The third-order valence-corrected chi connectivity index (χ3v) is 5.37. The van der Waals surface area contributed by atoms with Gasteiger partial charge in [-0.1, -0.05) is 17.7 Å². The maximum absolute atomic E-state index is 12.6. The molecule has 0 aromatic heterocycles. The monoisotopic (exact) mass is 399 g/mol. The minimum Gasteiger partial charge on any atom is -0.341 e. The third kappa shape index (κ3) is 5.60. The molecule has 2 heterocycles. The van der Waals surface area contributed by atoms with E-state index >= 15 is 0 Å². The fourth-order valence-electron chi connectivity index (χ4n) is 3.62. The highest BCUT2D eigenvalue weighted by Gasteiger charge is 2.24. The van der Waals surface area contributed by atoms with E-state index in [9.17, 15) is 9.59 Å². The maximum atomic E-state index is 12.6. The Morgan fingerprint density at radius 3 is 2.65 bits per heavy atom. The predicted molar refractivity (Wildman–Crippen MR) is 106 cm³/mol. The van der Waals surface area contributed by atoms with Gasteiger partial charge in [-0.15, -0.1) is 12.4 Å². The van der Waals surface area contributed by atoms with Crippen molar-refractivity contribution in [3.05, 3.63) is 34.9 Å². The molecule has 2 amide bonds. The molecule has 1 atom stereocenters. The van der Waals surface area contributed by atoms with Crippen LogP contribution in [0.15, 0.2) is 24.3 Å². The lowest BCUT2D eigenvalue weighted by molar-refractivity contribution is -0.131. The average Bonchev–Trinajstić information content (AvgIpc) is 3.01. The highest BCUT2D eigenvalue weighted by molar-refractivity contribution is 6.30. The molecule has 0 spiro atoms. The summed E-state index contributed by atoms with van der Waals surface area (Å²) < 4.78 is 0. The van der Waals surface area contributed by atoms with Crippen molar-refractivity contribution in [3.8, 4) is 0 Å². The fourth-order valence-corrected chi connectivity index (χ4v) is 3.81. The summed E-state index contributed by atoms with van der Waals surface area (Å²) in [6, 6.07) is 7.05. The number of amides is 2. The standard InChI is InChI=1S/C19H26ClN3O2.ClH/c20-17-4-1-3-16(13-17)19(25)23-10-2-9-22(11-12-23)18(24)6-5-15-7-8-21-14-15;/h1,3-4,13,15,21H,2,5-12,14H2;1H. The van der Waals surface area contributed by atoms with Crippen molar-refractivity contribution in [2.75, 3.05) is 39.3 Å². The van der Waals surface area contributed by atoms with Gasteiger partial charge in [0.2, 0.25) is 5.91 Å². The molecular weight excluding hydrogens is 373 g/mol. The Balaban J connectivity index is 0.00000243. The van der Waals surface area contributed by atoms with Gasteiger partial charge in [-0.05, 0) is 56.5 Å². The molecule has 2 saturated heterocycles. The molecule has 0 radical (unpaired) electrons. The SMILES string of the molecule is Cl.O=C(CCC1CCNC1)N1CCCN(C(=O)c2cccc(Cl)c2)CC1. The van der Waals surface area contributed by atoms with Crippen LogP contribution in [0.5, 0.6) is 0 Å². The van der Waals surface area contributed by atoms with Gasteiger partial charge in [0.15, 0.2) is 0 Å². The molecule has 1 unspecified atom stereocenters. The van der Waals surface area contributed by atoms with Crippen molar-refractivity contribution in [2.45, 2.75) is 25.7 Å². The van der Waals surface area contributed by atoms with E-state index in [1.807, 2.05) is 9.80 Å². The first-order chi connectivity index (χ1) is 12.1. The van der Waals surface area contributed by atoms with Crippen molar-refractivity contribution in [2.24, 2.45) is 5.92 Å². The van der Waals surface area contributed by atoms with E-state index in [1.54, 1.807) is 24.3 Å². The quantitative estimate of drug-likeness (QED) is 0.846. The van der Waals surface area contributed by atoms with E-state index in [1.165, 1.54) is 6.42 Å². The summed E-state index contributed by atoms with van der Waals surface area (Å²) in [6.45, 7) is 4.73. The largest absolute Gasteiger partial charge is 0.341 e. The van der Waals surface area contributed by atoms with Crippen molar-refractivity contribution < 1.29 is 9.59 Å². The van der Waals surface area contributed by atoms with Gasteiger partial charge in [-0.2, -0.15) is 0 Å². The Bertz CT molecular complexity index is 621. The van der Waals surface area contributed by atoms with Crippen LogP contribution in [0.3, 0.4) is 0 Å². The van der Waals surface area contributed by atoms with Crippen LogP contribution in [-0.2, 0) is 4.79 Å². The summed E-state index contributed by atoms with van der Waals surface area (Å²) in [6.07, 6.45) is 3.58. The first-order valence-electron chi connectivity index (χ1n) is 9.17. The minimum atomic E-state index is -0.00571. The third-order valence-electron chi connectivity index (χ3n) is 5.14. The summed E-state index contributed by atoms with van der Waals surface area (Å²) in [5.41, 5.74) is 0.612. The second kappa shape index (κ2) is 10.1.